The van der Waals surface area contributed by atoms with Gasteiger partial charge in [0.1, 0.15) is 0 Å². The number of fused-ring (bicyclic) bond motifs is 8. The van der Waals surface area contributed by atoms with Crippen LogP contribution in [0.15, 0.2) is 137 Å². The molecule has 2 aliphatic rings. The summed E-state index contributed by atoms with van der Waals surface area (Å²) >= 11 is 2.81. The molecule has 6 aromatic carbocycles. The third kappa shape index (κ3) is 4.90. The first-order valence-corrected chi connectivity index (χ1v) is 20.2. The van der Waals surface area contributed by atoms with Crippen molar-refractivity contribution in [3.63, 3.8) is 0 Å². The molecule has 2 aliphatic carbocycles. The fourth-order valence-electron chi connectivity index (χ4n) is 7.42. The first-order valence-electron chi connectivity index (χ1n) is 14.7. The van der Waals surface area contributed by atoms with E-state index in [0.29, 0.717) is 0 Å². The Bertz CT molecular complexity index is 2170. The zero-order valence-electron chi connectivity index (χ0n) is 24.4. The molecule has 8 rings (SSSR count). The minimum Gasteiger partial charge on any atom is -0.147 e. The largest absolute Gasteiger partial charge is 0.147 e. The summed E-state index contributed by atoms with van der Waals surface area (Å²) in [6, 6.07) is 43.1. The molecule has 0 radical (unpaired) electrons. The van der Waals surface area contributed by atoms with E-state index >= 15 is 0 Å². The molecular weight excluding hydrogens is 678 g/mol. The molecule has 4 heteroatoms. The second kappa shape index (κ2) is 12.4. The summed E-state index contributed by atoms with van der Waals surface area (Å²) < 4.78 is 7.27. The fourth-order valence-corrected chi connectivity index (χ4v) is 19.3. The van der Waals surface area contributed by atoms with Crippen molar-refractivity contribution in [2.75, 3.05) is 0 Å². The molecule has 0 saturated carbocycles. The number of aryl methyl sites for hydroxylation is 1. The molecule has 0 aliphatic heterocycles. The van der Waals surface area contributed by atoms with E-state index in [0.717, 1.165) is 17.9 Å². The number of halogens is 3. The van der Waals surface area contributed by atoms with Crippen molar-refractivity contribution >= 4 is 68.2 Å². The Balaban J connectivity index is 0.00000171. The van der Waals surface area contributed by atoms with Gasteiger partial charge in [0.05, 0.1) is 0 Å². The van der Waals surface area contributed by atoms with E-state index in [1.54, 1.807) is 3.28 Å². The second-order valence-electron chi connectivity index (χ2n) is 11.7. The molecule has 0 amide bonds. The average molecular weight is 710 g/mol. The quantitative estimate of drug-likeness (QED) is 0.160. The number of benzene rings is 6. The maximum Gasteiger partial charge on any atom is -0.147 e. The minimum atomic E-state index is -3.81. The third-order valence-electron chi connectivity index (χ3n) is 9.25. The topological polar surface area (TPSA) is 0 Å². The van der Waals surface area contributed by atoms with Crippen LogP contribution in [0.3, 0.4) is 0 Å². The van der Waals surface area contributed by atoms with E-state index in [9.17, 15) is 0 Å². The molecular formula is C40H32Cl3Zr. The van der Waals surface area contributed by atoms with Crippen molar-refractivity contribution in [2.45, 2.75) is 19.8 Å². The molecule has 217 valence electrons. The number of hydrogen-bond donors (Lipinski definition) is 0. The van der Waals surface area contributed by atoms with Crippen molar-refractivity contribution in [1.82, 2.24) is 0 Å². The molecule has 0 nitrogen and oxygen atoms in total. The van der Waals surface area contributed by atoms with Crippen molar-refractivity contribution in [3.8, 4) is 11.1 Å². The molecule has 0 fully saturated rings. The average Bonchev–Trinajstić information content (AvgIpc) is 3.70. The van der Waals surface area contributed by atoms with E-state index in [4.69, 9.17) is 11.6 Å². The van der Waals surface area contributed by atoms with Crippen LogP contribution in [0.25, 0.3) is 32.7 Å². The Kier molecular flexibility index (Phi) is 8.71. The van der Waals surface area contributed by atoms with Gasteiger partial charge in [0.15, 0.2) is 0 Å². The number of hydrogen-bond acceptors (Lipinski definition) is 0. The van der Waals surface area contributed by atoms with E-state index in [1.165, 1.54) is 61.5 Å². The molecule has 0 heterocycles. The van der Waals surface area contributed by atoms with Gasteiger partial charge in [0.2, 0.25) is 0 Å². The van der Waals surface area contributed by atoms with Crippen LogP contribution in [0, 0.1) is 6.92 Å². The van der Waals surface area contributed by atoms with Gasteiger partial charge in [-0.25, -0.2) is 0 Å². The maximum atomic E-state index is 6.61. The monoisotopic (exact) mass is 707 g/mol. The van der Waals surface area contributed by atoms with Gasteiger partial charge >= 0.3 is 258 Å². The Morgan fingerprint density at radius 1 is 0.727 bits per heavy atom. The second-order valence-corrected chi connectivity index (χ2v) is 21.1. The van der Waals surface area contributed by atoms with E-state index in [2.05, 4.69) is 138 Å². The summed E-state index contributed by atoms with van der Waals surface area (Å²) in [5.74, 6) is 0. The van der Waals surface area contributed by atoms with Crippen molar-refractivity contribution in [2.24, 2.45) is 0 Å². The van der Waals surface area contributed by atoms with Gasteiger partial charge in [-0.05, 0) is 0 Å². The van der Waals surface area contributed by atoms with Gasteiger partial charge in [-0.2, -0.15) is 0 Å². The zero-order valence-corrected chi connectivity index (χ0v) is 29.2. The molecule has 0 bridgehead atoms. The van der Waals surface area contributed by atoms with Crippen LogP contribution in [0.1, 0.15) is 28.7 Å². The molecule has 0 aromatic heterocycles. The molecule has 0 saturated heterocycles. The summed E-state index contributed by atoms with van der Waals surface area (Å²) in [5.41, 5.74) is 8.23. The standard InChI is InChI=1S/C21H13.C7H5Cl.C7H7.C5H5.2ClH.Zr/c1-2-8-15-14(7-1)13-20-18-11-4-3-9-16(18)17-10-5-6-12-19(17)21(15)20;1-6-3-2-4-7(8)5-6;1-7-5-3-2-4-6-7;1-2-4-5-3-1;;;/h1-10,12H,13H2;1-5H;3-6H,1H3;1-3H,4H2;2*1H;. The Hall–Kier alpha value is -3.06. The predicted molar refractivity (Wildman–Crippen MR) is 193 cm³/mol. The van der Waals surface area contributed by atoms with E-state index in [1.807, 2.05) is 6.07 Å². The summed E-state index contributed by atoms with van der Waals surface area (Å²) in [6.07, 6.45) is 8.98. The van der Waals surface area contributed by atoms with E-state index in [-0.39, 0.29) is 24.8 Å². The molecule has 0 N–H and O–H groups in total. The Morgan fingerprint density at radius 3 is 2.23 bits per heavy atom. The van der Waals surface area contributed by atoms with Crippen LogP contribution in [0.5, 0.6) is 0 Å². The summed E-state index contributed by atoms with van der Waals surface area (Å²) in [7, 11) is 0. The van der Waals surface area contributed by atoms with Crippen LogP contribution < -0.4 is 6.54 Å². The smallest absolute Gasteiger partial charge is 0.147 e. The first-order chi connectivity index (χ1) is 20.6. The summed E-state index contributed by atoms with van der Waals surface area (Å²) in [6.45, 7) is 2.19. The SMILES string of the molecule is Cc1cc[c]([Zr](=[CH]c2cccc(Cl)c2)([C]2=CC=CC2)[c]2cccc3c2c2c(c4ccccc43)-c3ccccc3C2)cc1.Cl.Cl. The van der Waals surface area contributed by atoms with Crippen LogP contribution in [-0.4, -0.2) is 3.71 Å². The number of allylic oxidation sites excluding steroid dienone is 4. The van der Waals surface area contributed by atoms with Crippen LogP contribution in [-0.2, 0) is 26.2 Å². The number of rotatable bonds is 4. The normalized spacial score (nSPS) is 14.3. The minimum absolute atomic E-state index is 0. The molecule has 6 aromatic rings. The van der Waals surface area contributed by atoms with Gasteiger partial charge in [-0.3, -0.25) is 0 Å². The van der Waals surface area contributed by atoms with Gasteiger partial charge in [0, 0.05) is 0 Å². The van der Waals surface area contributed by atoms with Crippen molar-refractivity contribution in [3.05, 3.63) is 164 Å². The zero-order chi connectivity index (χ0) is 28.3. The van der Waals surface area contributed by atoms with Crippen LogP contribution >= 0.6 is 36.4 Å². The fraction of sp³-hybridized carbons (Fsp3) is 0.0750. The molecule has 44 heavy (non-hydrogen) atoms. The molecule has 1 atom stereocenters. The predicted octanol–water partition coefficient (Wildman–Crippen LogP) is 10.2. The Labute approximate surface area is 280 Å². The maximum absolute atomic E-state index is 6.61. The molecule has 0 spiro atoms. The van der Waals surface area contributed by atoms with Gasteiger partial charge < -0.3 is 0 Å². The Morgan fingerprint density at radius 2 is 1.45 bits per heavy atom. The van der Waals surface area contributed by atoms with Gasteiger partial charge in [-0.1, -0.05) is 0 Å². The summed E-state index contributed by atoms with van der Waals surface area (Å²) in [4.78, 5) is 0. The van der Waals surface area contributed by atoms with Crippen LogP contribution in [0.2, 0.25) is 5.02 Å². The van der Waals surface area contributed by atoms with Crippen LogP contribution in [0.4, 0.5) is 0 Å². The third-order valence-corrected chi connectivity index (χ3v) is 20.9. The first kappa shape index (κ1) is 30.9. The molecule has 1 unspecified atom stereocenters. The van der Waals surface area contributed by atoms with Gasteiger partial charge in [-0.15, -0.1) is 24.8 Å². The van der Waals surface area contributed by atoms with E-state index < -0.39 is 19.8 Å². The van der Waals surface area contributed by atoms with Crippen molar-refractivity contribution < 1.29 is 19.8 Å². The van der Waals surface area contributed by atoms with Crippen molar-refractivity contribution in [1.29, 1.82) is 0 Å². The summed E-state index contributed by atoms with van der Waals surface area (Å²) in [5, 5.41) is 6.32. The van der Waals surface area contributed by atoms with Gasteiger partial charge in [0.25, 0.3) is 0 Å².